The Morgan fingerprint density at radius 1 is 1.38 bits per heavy atom. The van der Waals surface area contributed by atoms with Crippen molar-refractivity contribution in [2.75, 3.05) is 12.3 Å². The average Bonchev–Trinajstić information content (AvgIpc) is 3.24. The number of pyridine rings is 1. The summed E-state index contributed by atoms with van der Waals surface area (Å²) in [6.07, 6.45) is 4.50. The van der Waals surface area contributed by atoms with Crippen LogP contribution in [0.3, 0.4) is 0 Å². The standard InChI is InChI=1S/C17H14F3N5OSe.C2H6/c1-24-10-12(9-23-24)15(26)22-6-2-4-11-8-14-13(21)5-3-7-25(14)16(11)27-17(18,19)20;1-2/h3,5,7-10H,6,21H2,1H3,(H,22,26);1-2H3. The first-order chi connectivity index (χ1) is 13.7. The van der Waals surface area contributed by atoms with Crippen molar-refractivity contribution in [2.24, 2.45) is 7.05 Å². The molecule has 0 aliphatic heterocycles. The molecule has 6 nitrogen and oxygen atoms in total. The number of nitrogens with zero attached hydrogens (tertiary/aromatic N) is 3. The molecule has 0 bridgehead atoms. The molecule has 29 heavy (non-hydrogen) atoms. The number of hydrogen-bond acceptors (Lipinski definition) is 3. The van der Waals surface area contributed by atoms with Gasteiger partial charge >= 0.3 is 158 Å². The van der Waals surface area contributed by atoms with Crippen molar-refractivity contribution in [3.05, 3.63) is 47.9 Å². The van der Waals surface area contributed by atoms with E-state index in [0.29, 0.717) is 16.8 Å². The van der Waals surface area contributed by atoms with Gasteiger partial charge in [-0.2, -0.15) is 0 Å². The molecule has 1 amide bonds. The molecule has 0 saturated heterocycles. The maximum atomic E-state index is 13.0. The van der Waals surface area contributed by atoms with Crippen LogP contribution in [0.15, 0.2) is 36.8 Å². The number of alkyl halides is 3. The van der Waals surface area contributed by atoms with Crippen LogP contribution in [0.25, 0.3) is 5.52 Å². The number of nitrogens with two attached hydrogens (primary N) is 1. The van der Waals surface area contributed by atoms with Crippen molar-refractivity contribution < 1.29 is 18.0 Å². The van der Waals surface area contributed by atoms with Gasteiger partial charge in [0.15, 0.2) is 0 Å². The molecule has 0 fully saturated rings. The van der Waals surface area contributed by atoms with Crippen molar-refractivity contribution in [1.82, 2.24) is 19.5 Å². The number of nitrogens with one attached hydrogen (secondary N) is 1. The summed E-state index contributed by atoms with van der Waals surface area (Å²) in [4.78, 5) is 11.9. The maximum absolute atomic E-state index is 13.0. The molecule has 0 unspecified atom stereocenters. The van der Waals surface area contributed by atoms with Gasteiger partial charge < -0.3 is 0 Å². The number of anilines is 1. The zero-order chi connectivity index (χ0) is 21.6. The van der Waals surface area contributed by atoms with Gasteiger partial charge in [-0.25, -0.2) is 0 Å². The molecule has 3 aromatic rings. The third kappa shape index (κ3) is 5.79. The molecular weight excluding hydrogens is 450 g/mol. The quantitative estimate of drug-likeness (QED) is 0.454. The van der Waals surface area contributed by atoms with E-state index in [1.807, 2.05) is 13.8 Å². The normalized spacial score (nSPS) is 10.7. The minimum absolute atomic E-state index is 0.00609. The van der Waals surface area contributed by atoms with Crippen molar-refractivity contribution in [3.63, 3.8) is 0 Å². The molecule has 0 spiro atoms. The van der Waals surface area contributed by atoms with Crippen molar-refractivity contribution in [1.29, 1.82) is 0 Å². The number of aryl methyl sites for hydroxylation is 1. The van der Waals surface area contributed by atoms with Crippen LogP contribution in [0, 0.1) is 11.8 Å². The summed E-state index contributed by atoms with van der Waals surface area (Å²) < 4.78 is 41.9. The van der Waals surface area contributed by atoms with Crippen LogP contribution in [0.1, 0.15) is 29.8 Å². The summed E-state index contributed by atoms with van der Waals surface area (Å²) in [7, 11) is 1.68. The van der Waals surface area contributed by atoms with E-state index in [-0.39, 0.29) is 22.6 Å². The number of rotatable bonds is 3. The van der Waals surface area contributed by atoms with Crippen LogP contribution in [0.4, 0.5) is 18.9 Å². The number of amides is 1. The van der Waals surface area contributed by atoms with Gasteiger partial charge in [-0.15, -0.1) is 0 Å². The fourth-order valence-electron chi connectivity index (χ4n) is 2.40. The van der Waals surface area contributed by atoms with Crippen molar-refractivity contribution in [3.8, 4) is 11.8 Å². The SMILES string of the molecule is CC.Cn1cc(C(=O)NCC#Cc2cc3c(N)cccn3c2[Se]C(F)(F)F)cn1. The Bertz CT molecular complexity index is 1060. The molecule has 3 rings (SSSR count). The van der Waals surface area contributed by atoms with Gasteiger partial charge in [0, 0.05) is 0 Å². The Morgan fingerprint density at radius 3 is 2.72 bits per heavy atom. The molecule has 10 heteroatoms. The number of aromatic nitrogens is 3. The van der Waals surface area contributed by atoms with Gasteiger partial charge in [0.25, 0.3) is 0 Å². The second-order valence-corrected chi connectivity index (χ2v) is 7.73. The average molecular weight is 470 g/mol. The molecule has 0 aromatic carbocycles. The van der Waals surface area contributed by atoms with Crippen LogP contribution in [0.5, 0.6) is 0 Å². The van der Waals surface area contributed by atoms with Gasteiger partial charge in [-0.1, -0.05) is 13.8 Å². The van der Waals surface area contributed by atoms with E-state index < -0.39 is 20.0 Å². The Kier molecular flexibility index (Phi) is 7.37. The molecule has 3 aromatic heterocycles. The van der Waals surface area contributed by atoms with E-state index in [1.165, 1.54) is 27.5 Å². The Morgan fingerprint density at radius 2 is 2.10 bits per heavy atom. The topological polar surface area (TPSA) is 77.3 Å². The molecule has 0 radical (unpaired) electrons. The van der Waals surface area contributed by atoms with Crippen LogP contribution in [-0.2, 0) is 7.05 Å². The molecule has 0 aliphatic rings. The van der Waals surface area contributed by atoms with Gasteiger partial charge in [0.05, 0.1) is 0 Å². The van der Waals surface area contributed by atoms with E-state index in [2.05, 4.69) is 22.3 Å². The van der Waals surface area contributed by atoms with E-state index in [4.69, 9.17) is 5.73 Å². The third-order valence-electron chi connectivity index (χ3n) is 3.54. The van der Waals surface area contributed by atoms with E-state index >= 15 is 0 Å². The van der Waals surface area contributed by atoms with Crippen LogP contribution < -0.4 is 15.6 Å². The third-order valence-corrected chi connectivity index (χ3v) is 5.30. The van der Waals surface area contributed by atoms with Gasteiger partial charge in [0.1, 0.15) is 0 Å². The summed E-state index contributed by atoms with van der Waals surface area (Å²) in [5.41, 5.74) is 7.33. The second-order valence-electron chi connectivity index (χ2n) is 5.52. The van der Waals surface area contributed by atoms with Crippen LogP contribution in [0.2, 0.25) is 0 Å². The van der Waals surface area contributed by atoms with Gasteiger partial charge in [0.2, 0.25) is 0 Å². The van der Waals surface area contributed by atoms with E-state index in [1.54, 1.807) is 25.4 Å². The molecule has 0 aliphatic carbocycles. The first kappa shape index (κ1) is 22.4. The minimum atomic E-state index is -4.32. The predicted octanol–water partition coefficient (Wildman–Crippen LogP) is 1.91. The Hall–Kier alpha value is -2.89. The second kappa shape index (κ2) is 9.54. The number of halogens is 3. The molecule has 0 saturated carbocycles. The van der Waals surface area contributed by atoms with Crippen molar-refractivity contribution in [2.45, 2.75) is 18.9 Å². The summed E-state index contributed by atoms with van der Waals surface area (Å²) in [6.45, 7) is 3.99. The Balaban J connectivity index is 0.00000145. The Labute approximate surface area is 172 Å². The predicted molar refractivity (Wildman–Crippen MR) is 107 cm³/mol. The zero-order valence-electron chi connectivity index (χ0n) is 16.0. The van der Waals surface area contributed by atoms with E-state index in [9.17, 15) is 18.0 Å². The number of carbonyl (C=O) groups excluding carboxylic acids is 1. The molecular formula is C19H20F3N5OSe. The first-order valence-corrected chi connectivity index (χ1v) is 10.4. The molecule has 154 valence electrons. The summed E-state index contributed by atoms with van der Waals surface area (Å²) in [5, 5.41) is 2.15. The van der Waals surface area contributed by atoms with Gasteiger partial charge in [-0.05, 0) is 0 Å². The van der Waals surface area contributed by atoms with E-state index in [0.717, 1.165) is 0 Å². The number of hydrogen-bond donors (Lipinski definition) is 2. The zero-order valence-corrected chi connectivity index (χ0v) is 17.8. The number of fused-ring (bicyclic) bond motifs is 1. The number of carbonyl (C=O) groups is 1. The van der Waals surface area contributed by atoms with Crippen LogP contribution >= 0.6 is 0 Å². The first-order valence-electron chi connectivity index (χ1n) is 8.65. The molecule has 0 atom stereocenters. The summed E-state index contributed by atoms with van der Waals surface area (Å²) >= 11 is -1.78. The molecule has 3 N–H and O–H groups in total. The molecule has 3 heterocycles. The fourth-order valence-corrected chi connectivity index (χ4v) is 3.87. The van der Waals surface area contributed by atoms with Crippen molar-refractivity contribution >= 4 is 36.7 Å². The number of nitrogen functional groups attached to an aromatic ring is 1. The van der Waals surface area contributed by atoms with Gasteiger partial charge in [-0.3, -0.25) is 0 Å². The van der Waals surface area contributed by atoms with Crippen LogP contribution in [-0.4, -0.2) is 46.7 Å². The summed E-state index contributed by atoms with van der Waals surface area (Å²) in [5.74, 6) is 5.06. The monoisotopic (exact) mass is 471 g/mol. The summed E-state index contributed by atoms with van der Waals surface area (Å²) in [6, 6.07) is 4.74. The fraction of sp³-hybridized carbons (Fsp3) is 0.263.